The van der Waals surface area contributed by atoms with Crippen LogP contribution >= 0.6 is 0 Å². The molecular weight excluding hydrogens is 398 g/mol. The molecule has 31 heavy (non-hydrogen) atoms. The molecule has 0 aromatic heterocycles. The fraction of sp³-hybridized carbons (Fsp3) is 0.792. The Morgan fingerprint density at radius 2 is 0.935 bits per heavy atom. The summed E-state index contributed by atoms with van der Waals surface area (Å²) in [6.45, 7) is 1.03. The largest absolute Gasteiger partial charge is 0.477 e. The summed E-state index contributed by atoms with van der Waals surface area (Å²) >= 11 is 0. The van der Waals surface area contributed by atoms with Crippen LogP contribution in [0.25, 0.3) is 0 Å². The number of rotatable bonds is 22. The van der Waals surface area contributed by atoms with Gasteiger partial charge in [-0.15, -0.1) is 0 Å². The highest BCUT2D eigenvalue weighted by Gasteiger charge is 2.35. The van der Waals surface area contributed by atoms with E-state index in [0.717, 1.165) is 32.1 Å². The molecule has 3 N–H and O–H groups in total. The summed E-state index contributed by atoms with van der Waals surface area (Å²) in [6.07, 6.45) is 20.7. The number of unbranched alkanes of at least 4 members (excludes halogenated alkanes) is 12. The number of carboxylic acid groups (broad SMARTS) is 3. The summed E-state index contributed by atoms with van der Waals surface area (Å²) in [7, 11) is 0. The van der Waals surface area contributed by atoms with Crippen LogP contribution in [0.3, 0.4) is 0 Å². The van der Waals surface area contributed by atoms with E-state index < -0.39 is 42.0 Å². The molecule has 0 radical (unpaired) electrons. The van der Waals surface area contributed by atoms with E-state index in [-0.39, 0.29) is 6.54 Å². The van der Waals surface area contributed by atoms with Gasteiger partial charge >= 0.3 is 17.9 Å². The van der Waals surface area contributed by atoms with Crippen LogP contribution in [0.4, 0.5) is 0 Å². The average Bonchev–Trinajstić information content (AvgIpc) is 2.66. The van der Waals surface area contributed by atoms with Gasteiger partial charge < -0.3 is 15.3 Å². The van der Waals surface area contributed by atoms with E-state index in [1.807, 2.05) is 0 Å². The lowest BCUT2D eigenvalue weighted by Gasteiger charge is -2.34. The standard InChI is InChI=1S/C24H43NO6/c1-2-3-4-5-6-7-8-9-10-11-12-13-14-15-16-17-18-25(19-22(26)27,20-23(28)29)21-24(30)31/h11-12H,2-10,13-21H2,1H3,(H2-,26,27,28,29,30,31)/p+1/b12-11+. The monoisotopic (exact) mass is 442 g/mol. The van der Waals surface area contributed by atoms with Crippen molar-refractivity contribution >= 4 is 17.9 Å². The molecule has 0 fully saturated rings. The highest BCUT2D eigenvalue weighted by molar-refractivity contribution is 5.73. The number of allylic oxidation sites excluding steroid dienone is 2. The first-order valence-electron chi connectivity index (χ1n) is 12.0. The molecular formula is C24H44NO6+. The summed E-state index contributed by atoms with van der Waals surface area (Å²) in [5.41, 5.74) is 0. The lowest BCUT2D eigenvalue weighted by Crippen LogP contribution is -2.57. The predicted octanol–water partition coefficient (Wildman–Crippen LogP) is 5.09. The molecule has 0 aliphatic carbocycles. The Labute approximate surface area is 187 Å². The summed E-state index contributed by atoms with van der Waals surface area (Å²) in [6, 6.07) is 0. The Morgan fingerprint density at radius 1 is 0.581 bits per heavy atom. The molecule has 0 aromatic carbocycles. The first kappa shape index (κ1) is 29.1. The molecule has 0 atom stereocenters. The van der Waals surface area contributed by atoms with Crippen LogP contribution in [0, 0.1) is 0 Å². The third-order valence-electron chi connectivity index (χ3n) is 5.56. The van der Waals surface area contributed by atoms with Crippen molar-refractivity contribution < 1.29 is 34.2 Å². The van der Waals surface area contributed by atoms with E-state index in [0.29, 0.717) is 6.42 Å². The normalized spacial score (nSPS) is 11.8. The fourth-order valence-electron chi connectivity index (χ4n) is 3.96. The van der Waals surface area contributed by atoms with Gasteiger partial charge in [-0.25, -0.2) is 14.4 Å². The second-order valence-electron chi connectivity index (χ2n) is 8.66. The Balaban J connectivity index is 3.93. The molecule has 0 amide bonds. The molecule has 0 bridgehead atoms. The summed E-state index contributed by atoms with van der Waals surface area (Å²) in [4.78, 5) is 33.4. The average molecular weight is 443 g/mol. The zero-order valence-corrected chi connectivity index (χ0v) is 19.4. The molecule has 0 heterocycles. The Bertz CT molecular complexity index is 491. The highest BCUT2D eigenvalue weighted by atomic mass is 16.4. The fourth-order valence-corrected chi connectivity index (χ4v) is 3.96. The van der Waals surface area contributed by atoms with Crippen molar-refractivity contribution in [3.8, 4) is 0 Å². The van der Waals surface area contributed by atoms with E-state index in [4.69, 9.17) is 15.3 Å². The van der Waals surface area contributed by atoms with Crippen LogP contribution < -0.4 is 0 Å². The number of quaternary nitrogens is 1. The quantitative estimate of drug-likeness (QED) is 0.122. The van der Waals surface area contributed by atoms with Crippen LogP contribution in [0.1, 0.15) is 96.8 Å². The third-order valence-corrected chi connectivity index (χ3v) is 5.56. The molecule has 0 aromatic rings. The van der Waals surface area contributed by atoms with Crippen molar-refractivity contribution in [1.29, 1.82) is 0 Å². The van der Waals surface area contributed by atoms with Crippen LogP contribution in [0.2, 0.25) is 0 Å². The zero-order valence-electron chi connectivity index (χ0n) is 19.4. The SMILES string of the molecule is CCCCCCCCCC/C=C/CCCCCC[N+](CC(=O)O)(CC(=O)O)CC(=O)O. The van der Waals surface area contributed by atoms with Crippen molar-refractivity contribution in [2.75, 3.05) is 26.2 Å². The number of carbonyl (C=O) groups is 3. The van der Waals surface area contributed by atoms with Gasteiger partial charge in [0.1, 0.15) is 0 Å². The molecule has 0 unspecified atom stereocenters. The predicted molar refractivity (Wildman–Crippen MR) is 122 cm³/mol. The summed E-state index contributed by atoms with van der Waals surface area (Å²) in [5.74, 6) is -3.53. The molecule has 0 aliphatic rings. The minimum Gasteiger partial charge on any atom is -0.477 e. The van der Waals surface area contributed by atoms with Gasteiger partial charge in [-0.3, -0.25) is 4.48 Å². The van der Waals surface area contributed by atoms with Crippen LogP contribution in [-0.4, -0.2) is 63.9 Å². The molecule has 0 saturated heterocycles. The number of hydrogen-bond acceptors (Lipinski definition) is 3. The zero-order chi connectivity index (χ0) is 23.4. The second kappa shape index (κ2) is 18.8. The van der Waals surface area contributed by atoms with Gasteiger partial charge in [-0.1, -0.05) is 70.4 Å². The minimum atomic E-state index is -1.18. The summed E-state index contributed by atoms with van der Waals surface area (Å²) < 4.78 is -0.446. The van der Waals surface area contributed by atoms with Gasteiger partial charge in [-0.2, -0.15) is 0 Å². The van der Waals surface area contributed by atoms with Crippen molar-refractivity contribution in [1.82, 2.24) is 0 Å². The molecule has 7 heteroatoms. The van der Waals surface area contributed by atoms with Gasteiger partial charge in [0.05, 0.1) is 6.54 Å². The first-order valence-corrected chi connectivity index (χ1v) is 12.0. The van der Waals surface area contributed by atoms with Crippen LogP contribution in [0.5, 0.6) is 0 Å². The third kappa shape index (κ3) is 18.6. The van der Waals surface area contributed by atoms with Crippen molar-refractivity contribution in [3.63, 3.8) is 0 Å². The van der Waals surface area contributed by atoms with Gasteiger partial charge in [0.25, 0.3) is 0 Å². The van der Waals surface area contributed by atoms with Crippen molar-refractivity contribution in [2.24, 2.45) is 0 Å². The van der Waals surface area contributed by atoms with Crippen molar-refractivity contribution in [3.05, 3.63) is 12.2 Å². The number of carboxylic acids is 3. The Kier molecular flexibility index (Phi) is 17.7. The van der Waals surface area contributed by atoms with Gasteiger partial charge in [0.15, 0.2) is 19.6 Å². The Hall–Kier alpha value is -1.89. The molecule has 0 saturated carbocycles. The van der Waals surface area contributed by atoms with Gasteiger partial charge in [0.2, 0.25) is 0 Å². The highest BCUT2D eigenvalue weighted by Crippen LogP contribution is 2.13. The molecule has 0 aliphatic heterocycles. The van der Waals surface area contributed by atoms with E-state index >= 15 is 0 Å². The molecule has 180 valence electrons. The van der Waals surface area contributed by atoms with E-state index in [1.54, 1.807) is 0 Å². The minimum absolute atomic E-state index is 0.249. The van der Waals surface area contributed by atoms with Crippen LogP contribution in [-0.2, 0) is 14.4 Å². The van der Waals surface area contributed by atoms with Crippen molar-refractivity contribution in [2.45, 2.75) is 96.8 Å². The smallest absolute Gasteiger partial charge is 0.359 e. The summed E-state index contributed by atoms with van der Waals surface area (Å²) in [5, 5.41) is 27.3. The van der Waals surface area contributed by atoms with E-state index in [1.165, 1.54) is 51.4 Å². The van der Waals surface area contributed by atoms with Gasteiger partial charge in [-0.05, 0) is 38.5 Å². The number of aliphatic carboxylic acids is 3. The lowest BCUT2D eigenvalue weighted by atomic mass is 10.1. The maximum absolute atomic E-state index is 11.1. The molecule has 7 nitrogen and oxygen atoms in total. The molecule has 0 rings (SSSR count). The first-order chi connectivity index (χ1) is 14.8. The number of nitrogens with zero attached hydrogens (tertiary/aromatic N) is 1. The number of hydrogen-bond donors (Lipinski definition) is 3. The second-order valence-corrected chi connectivity index (χ2v) is 8.66. The van der Waals surface area contributed by atoms with Crippen LogP contribution in [0.15, 0.2) is 12.2 Å². The maximum atomic E-state index is 11.1. The Morgan fingerprint density at radius 3 is 1.32 bits per heavy atom. The van der Waals surface area contributed by atoms with E-state index in [2.05, 4.69) is 19.1 Å². The lowest BCUT2D eigenvalue weighted by molar-refractivity contribution is -0.907. The topological polar surface area (TPSA) is 112 Å². The van der Waals surface area contributed by atoms with Gasteiger partial charge in [0, 0.05) is 0 Å². The van der Waals surface area contributed by atoms with E-state index in [9.17, 15) is 14.4 Å². The maximum Gasteiger partial charge on any atom is 0.359 e. The molecule has 0 spiro atoms.